The molecule has 0 bridgehead atoms. The largest absolute Gasteiger partial charge is 0.374 e. The lowest BCUT2D eigenvalue weighted by Gasteiger charge is -2.33. The van der Waals surface area contributed by atoms with Gasteiger partial charge in [0, 0.05) is 31.6 Å². The second-order valence-electron chi connectivity index (χ2n) is 7.21. The SMILES string of the molecule is O=C(Cn1ncc2ccccc2c1=O)NCC1CN(Cc2ccccc2)CCO1. The molecule has 2 heterocycles. The quantitative estimate of drug-likeness (QED) is 0.687. The smallest absolute Gasteiger partial charge is 0.275 e. The molecule has 7 heteroatoms. The Bertz CT molecular complexity index is 1030. The van der Waals surface area contributed by atoms with Gasteiger partial charge in [-0.2, -0.15) is 5.10 Å². The van der Waals surface area contributed by atoms with Crippen molar-refractivity contribution in [3.63, 3.8) is 0 Å². The first-order valence-electron chi connectivity index (χ1n) is 9.78. The molecule has 1 fully saturated rings. The van der Waals surface area contributed by atoms with Crippen LogP contribution in [0.15, 0.2) is 65.6 Å². The summed E-state index contributed by atoms with van der Waals surface area (Å²) >= 11 is 0. The maximum atomic E-state index is 12.5. The molecule has 7 nitrogen and oxygen atoms in total. The van der Waals surface area contributed by atoms with Crippen molar-refractivity contribution in [3.8, 4) is 0 Å². The Labute approximate surface area is 168 Å². The third kappa shape index (κ3) is 4.88. The van der Waals surface area contributed by atoms with Crippen molar-refractivity contribution in [2.75, 3.05) is 26.2 Å². The Morgan fingerprint density at radius 3 is 2.79 bits per heavy atom. The number of amides is 1. The van der Waals surface area contributed by atoms with Crippen LogP contribution in [-0.4, -0.2) is 52.9 Å². The molecule has 3 aromatic rings. The second-order valence-corrected chi connectivity index (χ2v) is 7.21. The van der Waals surface area contributed by atoms with E-state index in [1.165, 1.54) is 10.2 Å². The van der Waals surface area contributed by atoms with E-state index >= 15 is 0 Å². The molecule has 150 valence electrons. The standard InChI is InChI=1S/C22H24N4O3/c27-21(16-26-22(28)20-9-5-4-8-18(20)12-24-26)23-13-19-15-25(10-11-29-19)14-17-6-2-1-3-7-17/h1-9,12,19H,10-11,13-16H2,(H,23,27). The predicted octanol–water partition coefficient (Wildman–Crippen LogP) is 1.41. The second kappa shape index (κ2) is 8.98. The number of benzene rings is 2. The number of fused-ring (bicyclic) bond motifs is 1. The minimum atomic E-state index is -0.263. The highest BCUT2D eigenvalue weighted by molar-refractivity contribution is 5.81. The van der Waals surface area contributed by atoms with Crippen LogP contribution in [0, 0.1) is 0 Å². The number of aromatic nitrogens is 2. The molecule has 0 spiro atoms. The van der Waals surface area contributed by atoms with E-state index in [2.05, 4.69) is 27.4 Å². The van der Waals surface area contributed by atoms with Gasteiger partial charge in [-0.3, -0.25) is 14.5 Å². The molecule has 2 aromatic carbocycles. The average molecular weight is 392 g/mol. The van der Waals surface area contributed by atoms with Gasteiger partial charge in [-0.15, -0.1) is 0 Å². The van der Waals surface area contributed by atoms with E-state index in [0.717, 1.165) is 25.0 Å². The molecule has 0 saturated carbocycles. The Morgan fingerprint density at radius 2 is 1.93 bits per heavy atom. The first-order valence-corrected chi connectivity index (χ1v) is 9.78. The van der Waals surface area contributed by atoms with Crippen molar-refractivity contribution in [1.29, 1.82) is 0 Å². The summed E-state index contributed by atoms with van der Waals surface area (Å²) in [5, 5.41) is 8.30. The van der Waals surface area contributed by atoms with Crippen LogP contribution in [-0.2, 0) is 22.6 Å². The predicted molar refractivity (Wildman–Crippen MR) is 110 cm³/mol. The van der Waals surface area contributed by atoms with Crippen molar-refractivity contribution < 1.29 is 9.53 Å². The van der Waals surface area contributed by atoms with Gasteiger partial charge in [0.25, 0.3) is 5.56 Å². The summed E-state index contributed by atoms with van der Waals surface area (Å²) in [6.45, 7) is 3.43. The fourth-order valence-electron chi connectivity index (χ4n) is 3.55. The number of nitrogens with zero attached hydrogens (tertiary/aromatic N) is 3. The molecule has 1 N–H and O–H groups in total. The minimum absolute atomic E-state index is 0.0716. The highest BCUT2D eigenvalue weighted by Crippen LogP contribution is 2.10. The third-order valence-corrected chi connectivity index (χ3v) is 5.05. The molecular formula is C22H24N4O3. The summed E-state index contributed by atoms with van der Waals surface area (Å²) < 4.78 is 6.98. The van der Waals surface area contributed by atoms with Gasteiger partial charge in [0.05, 0.1) is 24.3 Å². The third-order valence-electron chi connectivity index (χ3n) is 5.05. The molecule has 4 rings (SSSR count). The number of carbonyl (C=O) groups is 1. The molecule has 1 aliphatic rings. The van der Waals surface area contributed by atoms with E-state index in [-0.39, 0.29) is 24.1 Å². The molecule has 1 atom stereocenters. The van der Waals surface area contributed by atoms with Crippen molar-refractivity contribution in [2.45, 2.75) is 19.2 Å². The van der Waals surface area contributed by atoms with Gasteiger partial charge in [0.1, 0.15) is 6.54 Å². The molecule has 1 aliphatic heterocycles. The van der Waals surface area contributed by atoms with Crippen LogP contribution in [0.2, 0.25) is 0 Å². The number of hydrogen-bond donors (Lipinski definition) is 1. The van der Waals surface area contributed by atoms with Crippen LogP contribution in [0.1, 0.15) is 5.56 Å². The lowest BCUT2D eigenvalue weighted by Crippen LogP contribution is -2.47. The minimum Gasteiger partial charge on any atom is -0.374 e. The number of ether oxygens (including phenoxy) is 1. The highest BCUT2D eigenvalue weighted by Gasteiger charge is 2.21. The van der Waals surface area contributed by atoms with Crippen LogP contribution in [0.3, 0.4) is 0 Å². The zero-order chi connectivity index (χ0) is 20.1. The first-order chi connectivity index (χ1) is 14.2. The van der Waals surface area contributed by atoms with Gasteiger partial charge in [-0.25, -0.2) is 4.68 Å². The highest BCUT2D eigenvalue weighted by atomic mass is 16.5. The van der Waals surface area contributed by atoms with E-state index in [4.69, 9.17) is 4.74 Å². The normalized spacial score (nSPS) is 17.3. The van der Waals surface area contributed by atoms with E-state index in [0.29, 0.717) is 18.5 Å². The van der Waals surface area contributed by atoms with Crippen LogP contribution >= 0.6 is 0 Å². The van der Waals surface area contributed by atoms with Crippen molar-refractivity contribution in [1.82, 2.24) is 20.0 Å². The molecule has 1 unspecified atom stereocenters. The van der Waals surface area contributed by atoms with Gasteiger partial charge in [0.2, 0.25) is 5.91 Å². The van der Waals surface area contributed by atoms with Gasteiger partial charge < -0.3 is 10.1 Å². The Hall–Kier alpha value is -3.03. The summed E-state index contributed by atoms with van der Waals surface area (Å²) in [4.78, 5) is 27.1. The van der Waals surface area contributed by atoms with Gasteiger partial charge >= 0.3 is 0 Å². The average Bonchev–Trinajstić information content (AvgIpc) is 2.75. The van der Waals surface area contributed by atoms with Crippen LogP contribution in [0.5, 0.6) is 0 Å². The van der Waals surface area contributed by atoms with Gasteiger partial charge in [-0.1, -0.05) is 48.5 Å². The van der Waals surface area contributed by atoms with Gasteiger partial charge in [-0.05, 0) is 11.6 Å². The fourth-order valence-corrected chi connectivity index (χ4v) is 3.55. The van der Waals surface area contributed by atoms with Crippen molar-refractivity contribution >= 4 is 16.7 Å². The lowest BCUT2D eigenvalue weighted by atomic mass is 10.2. The summed E-state index contributed by atoms with van der Waals surface area (Å²) in [5.41, 5.74) is 1.00. The number of hydrogen-bond acceptors (Lipinski definition) is 5. The molecule has 0 aliphatic carbocycles. The molecule has 1 saturated heterocycles. The summed E-state index contributed by atoms with van der Waals surface area (Å²) in [6, 6.07) is 17.5. The molecule has 1 amide bonds. The monoisotopic (exact) mass is 392 g/mol. The number of morpholine rings is 1. The molecule has 0 radical (unpaired) electrons. The van der Waals surface area contributed by atoms with Crippen molar-refractivity contribution in [2.24, 2.45) is 0 Å². The van der Waals surface area contributed by atoms with E-state index in [9.17, 15) is 9.59 Å². The Morgan fingerprint density at radius 1 is 1.14 bits per heavy atom. The Kier molecular flexibility index (Phi) is 5.97. The van der Waals surface area contributed by atoms with E-state index in [1.807, 2.05) is 30.3 Å². The zero-order valence-corrected chi connectivity index (χ0v) is 16.2. The summed E-state index contributed by atoms with van der Waals surface area (Å²) in [5.74, 6) is -0.251. The lowest BCUT2D eigenvalue weighted by molar-refractivity contribution is -0.123. The molecular weight excluding hydrogens is 368 g/mol. The molecule has 1 aromatic heterocycles. The summed E-state index contributed by atoms with van der Waals surface area (Å²) in [6.07, 6.45) is 1.54. The zero-order valence-electron chi connectivity index (χ0n) is 16.2. The number of rotatable bonds is 6. The molecule has 29 heavy (non-hydrogen) atoms. The van der Waals surface area contributed by atoms with Crippen LogP contribution in [0.25, 0.3) is 10.8 Å². The number of carbonyl (C=O) groups excluding carboxylic acids is 1. The van der Waals surface area contributed by atoms with Crippen LogP contribution in [0.4, 0.5) is 0 Å². The number of nitrogens with one attached hydrogen (secondary N) is 1. The topological polar surface area (TPSA) is 76.5 Å². The maximum Gasteiger partial charge on any atom is 0.275 e. The first kappa shape index (κ1) is 19.3. The Balaban J connectivity index is 1.30. The summed E-state index contributed by atoms with van der Waals surface area (Å²) in [7, 11) is 0. The fraction of sp³-hybridized carbons (Fsp3) is 0.318. The van der Waals surface area contributed by atoms with E-state index in [1.54, 1.807) is 18.3 Å². The van der Waals surface area contributed by atoms with Crippen molar-refractivity contribution in [3.05, 3.63) is 76.7 Å². The van der Waals surface area contributed by atoms with Gasteiger partial charge in [0.15, 0.2) is 0 Å². The van der Waals surface area contributed by atoms with Crippen LogP contribution < -0.4 is 10.9 Å². The van der Waals surface area contributed by atoms with E-state index < -0.39 is 0 Å². The maximum absolute atomic E-state index is 12.5.